The van der Waals surface area contributed by atoms with Crippen LogP contribution in [0.4, 0.5) is 5.69 Å². The minimum atomic E-state index is -0.108. The maximum Gasteiger partial charge on any atom is 0.221 e. The lowest BCUT2D eigenvalue weighted by molar-refractivity contribution is -0.114. The lowest BCUT2D eigenvalue weighted by atomic mass is 10.3. The fourth-order valence-electron chi connectivity index (χ4n) is 1.21. The molecule has 76 valence electrons. The van der Waals surface area contributed by atoms with Crippen LogP contribution in [-0.4, -0.2) is 26.1 Å². The molecule has 0 spiro atoms. The van der Waals surface area contributed by atoms with E-state index in [4.69, 9.17) is 0 Å². The van der Waals surface area contributed by atoms with Gasteiger partial charge < -0.3 is 5.32 Å². The molecule has 15 heavy (non-hydrogen) atoms. The maximum absolute atomic E-state index is 10.9. The van der Waals surface area contributed by atoms with Crippen molar-refractivity contribution in [1.82, 2.24) is 20.2 Å². The van der Waals surface area contributed by atoms with Gasteiger partial charge in [-0.05, 0) is 28.6 Å². The predicted octanol–water partition coefficient (Wildman–Crippen LogP) is 0.621. The van der Waals surface area contributed by atoms with Crippen molar-refractivity contribution in [2.75, 3.05) is 5.32 Å². The molecule has 1 aromatic heterocycles. The van der Waals surface area contributed by atoms with Gasteiger partial charge in [0.2, 0.25) is 5.91 Å². The first-order valence-electron chi connectivity index (χ1n) is 4.37. The van der Waals surface area contributed by atoms with Gasteiger partial charge in [-0.25, -0.2) is 4.68 Å². The van der Waals surface area contributed by atoms with E-state index in [-0.39, 0.29) is 5.91 Å². The molecular formula is C9H9N5O. The van der Waals surface area contributed by atoms with Gasteiger partial charge in [-0.1, -0.05) is 6.07 Å². The highest BCUT2D eigenvalue weighted by molar-refractivity contribution is 5.88. The number of benzene rings is 1. The lowest BCUT2D eigenvalue weighted by Gasteiger charge is -2.04. The van der Waals surface area contributed by atoms with Gasteiger partial charge in [0.05, 0.1) is 5.69 Å². The highest BCUT2D eigenvalue weighted by Crippen LogP contribution is 2.12. The van der Waals surface area contributed by atoms with Crippen LogP contribution in [0.3, 0.4) is 0 Å². The normalized spacial score (nSPS) is 9.93. The van der Waals surface area contributed by atoms with Gasteiger partial charge in [0.1, 0.15) is 6.33 Å². The van der Waals surface area contributed by atoms with Gasteiger partial charge in [-0.2, -0.15) is 0 Å². The second kappa shape index (κ2) is 3.87. The first-order valence-corrected chi connectivity index (χ1v) is 4.37. The molecule has 1 heterocycles. The lowest BCUT2D eigenvalue weighted by Crippen LogP contribution is -2.06. The van der Waals surface area contributed by atoms with Crippen molar-refractivity contribution in [2.45, 2.75) is 6.92 Å². The van der Waals surface area contributed by atoms with E-state index in [2.05, 4.69) is 20.8 Å². The molecule has 0 fully saturated rings. The number of nitrogens with one attached hydrogen (secondary N) is 1. The van der Waals surface area contributed by atoms with Crippen LogP contribution in [0.2, 0.25) is 0 Å². The monoisotopic (exact) mass is 203 g/mol. The minimum Gasteiger partial charge on any atom is -0.326 e. The van der Waals surface area contributed by atoms with Gasteiger partial charge in [-0.3, -0.25) is 4.79 Å². The largest absolute Gasteiger partial charge is 0.326 e. The van der Waals surface area contributed by atoms with E-state index in [9.17, 15) is 4.79 Å². The standard InChI is InChI=1S/C9H9N5O/c1-7(15)11-8-3-2-4-9(5-8)14-6-10-12-13-14/h2-6H,1H3,(H,11,15). The topological polar surface area (TPSA) is 72.7 Å². The Morgan fingerprint density at radius 3 is 3.00 bits per heavy atom. The molecule has 1 amide bonds. The summed E-state index contributed by atoms with van der Waals surface area (Å²) >= 11 is 0. The van der Waals surface area contributed by atoms with E-state index in [0.29, 0.717) is 0 Å². The Morgan fingerprint density at radius 2 is 2.33 bits per heavy atom. The molecule has 6 heteroatoms. The van der Waals surface area contributed by atoms with Crippen molar-refractivity contribution >= 4 is 11.6 Å². The number of amides is 1. The number of rotatable bonds is 2. The number of carbonyl (C=O) groups is 1. The summed E-state index contributed by atoms with van der Waals surface area (Å²) in [5, 5.41) is 13.5. The summed E-state index contributed by atoms with van der Waals surface area (Å²) in [6.45, 7) is 1.46. The quantitative estimate of drug-likeness (QED) is 0.776. The molecule has 0 aliphatic heterocycles. The summed E-state index contributed by atoms with van der Waals surface area (Å²) in [5.74, 6) is -0.108. The summed E-state index contributed by atoms with van der Waals surface area (Å²) in [6, 6.07) is 7.26. The smallest absolute Gasteiger partial charge is 0.221 e. The Hall–Kier alpha value is -2.24. The molecule has 0 aliphatic rings. The van der Waals surface area contributed by atoms with Crippen molar-refractivity contribution < 1.29 is 4.79 Å². The minimum absolute atomic E-state index is 0.108. The second-order valence-electron chi connectivity index (χ2n) is 2.99. The zero-order chi connectivity index (χ0) is 10.7. The Morgan fingerprint density at radius 1 is 1.47 bits per heavy atom. The fourth-order valence-corrected chi connectivity index (χ4v) is 1.21. The van der Waals surface area contributed by atoms with Crippen LogP contribution in [0, 0.1) is 0 Å². The van der Waals surface area contributed by atoms with E-state index in [1.54, 1.807) is 12.1 Å². The maximum atomic E-state index is 10.9. The highest BCUT2D eigenvalue weighted by Gasteiger charge is 2.00. The molecule has 0 radical (unpaired) electrons. The summed E-state index contributed by atoms with van der Waals surface area (Å²) in [5.41, 5.74) is 1.52. The van der Waals surface area contributed by atoms with Crippen LogP contribution in [0.15, 0.2) is 30.6 Å². The molecule has 0 aliphatic carbocycles. The fraction of sp³-hybridized carbons (Fsp3) is 0.111. The summed E-state index contributed by atoms with van der Waals surface area (Å²) < 4.78 is 1.52. The Labute approximate surface area is 85.9 Å². The molecule has 2 aromatic rings. The van der Waals surface area contributed by atoms with Crippen molar-refractivity contribution in [1.29, 1.82) is 0 Å². The van der Waals surface area contributed by atoms with Crippen LogP contribution >= 0.6 is 0 Å². The molecule has 2 rings (SSSR count). The van der Waals surface area contributed by atoms with Crippen LogP contribution in [0.25, 0.3) is 5.69 Å². The van der Waals surface area contributed by atoms with Crippen LogP contribution < -0.4 is 5.32 Å². The van der Waals surface area contributed by atoms with E-state index in [1.807, 2.05) is 12.1 Å². The Bertz CT molecular complexity index is 465. The van der Waals surface area contributed by atoms with Gasteiger partial charge in [0, 0.05) is 12.6 Å². The second-order valence-corrected chi connectivity index (χ2v) is 2.99. The average Bonchev–Trinajstić information content (AvgIpc) is 2.69. The molecule has 0 saturated heterocycles. The summed E-state index contributed by atoms with van der Waals surface area (Å²) in [4.78, 5) is 10.9. The highest BCUT2D eigenvalue weighted by atomic mass is 16.1. The number of hydrogen-bond donors (Lipinski definition) is 1. The molecule has 0 atom stereocenters. The zero-order valence-corrected chi connectivity index (χ0v) is 8.08. The third-order valence-electron chi connectivity index (χ3n) is 1.78. The van der Waals surface area contributed by atoms with Crippen LogP contribution in [0.5, 0.6) is 0 Å². The van der Waals surface area contributed by atoms with Crippen molar-refractivity contribution in [3.8, 4) is 5.69 Å². The molecule has 0 saturated carbocycles. The van der Waals surface area contributed by atoms with Crippen molar-refractivity contribution in [2.24, 2.45) is 0 Å². The molecule has 0 unspecified atom stereocenters. The predicted molar refractivity (Wildman–Crippen MR) is 53.5 cm³/mol. The third-order valence-corrected chi connectivity index (χ3v) is 1.78. The number of anilines is 1. The number of aromatic nitrogens is 4. The zero-order valence-electron chi connectivity index (χ0n) is 8.08. The Balaban J connectivity index is 2.31. The van der Waals surface area contributed by atoms with Crippen LogP contribution in [-0.2, 0) is 4.79 Å². The first-order chi connectivity index (χ1) is 7.25. The molecule has 1 aromatic carbocycles. The number of hydrogen-bond acceptors (Lipinski definition) is 4. The SMILES string of the molecule is CC(=O)Nc1cccc(-n2cnnn2)c1. The van der Waals surface area contributed by atoms with Gasteiger partial charge in [0.25, 0.3) is 0 Å². The molecule has 6 nitrogen and oxygen atoms in total. The van der Waals surface area contributed by atoms with Crippen molar-refractivity contribution in [3.05, 3.63) is 30.6 Å². The molecular weight excluding hydrogens is 194 g/mol. The number of carbonyl (C=O) groups excluding carboxylic acids is 1. The van der Waals surface area contributed by atoms with Gasteiger partial charge in [-0.15, -0.1) is 5.10 Å². The van der Waals surface area contributed by atoms with Gasteiger partial charge >= 0.3 is 0 Å². The van der Waals surface area contributed by atoms with E-state index < -0.39 is 0 Å². The molecule has 1 N–H and O–H groups in total. The number of tetrazole rings is 1. The Kier molecular flexibility index (Phi) is 2.40. The molecule has 0 bridgehead atoms. The number of nitrogens with zero attached hydrogens (tertiary/aromatic N) is 4. The van der Waals surface area contributed by atoms with E-state index in [1.165, 1.54) is 17.9 Å². The summed E-state index contributed by atoms with van der Waals surface area (Å²) in [7, 11) is 0. The average molecular weight is 203 g/mol. The van der Waals surface area contributed by atoms with E-state index in [0.717, 1.165) is 11.4 Å². The van der Waals surface area contributed by atoms with Crippen molar-refractivity contribution in [3.63, 3.8) is 0 Å². The van der Waals surface area contributed by atoms with E-state index >= 15 is 0 Å². The van der Waals surface area contributed by atoms with Gasteiger partial charge in [0.15, 0.2) is 0 Å². The third kappa shape index (κ3) is 2.16. The van der Waals surface area contributed by atoms with Crippen LogP contribution in [0.1, 0.15) is 6.92 Å². The first kappa shape index (κ1) is 9.32. The summed E-state index contributed by atoms with van der Waals surface area (Å²) in [6.07, 6.45) is 1.49.